The molecule has 0 radical (unpaired) electrons. The molecule has 2 aliphatic carbocycles. The van der Waals surface area contributed by atoms with Crippen molar-refractivity contribution < 1.29 is 4.42 Å². The molecule has 1 atom stereocenters. The molecule has 0 bridgehead atoms. The number of benzene rings is 10. The molecule has 0 saturated heterocycles. The number of hydrogen-bond acceptors (Lipinski definition) is 2. The molecule has 1 unspecified atom stereocenters. The maximum atomic E-state index is 6.55. The van der Waals surface area contributed by atoms with Crippen molar-refractivity contribution in [2.24, 2.45) is 0 Å². The standard InChI is InChI=1S/C67H53NOSi/c1-66(2)58-24-12-9-19-53(58)54-42-39-50(43-61(54)66)68(49-37-31-44(32-38-49)45-33-40-51(41-34-45)70(3,4)5)62-27-16-26-60-64(62)57-21-10-13-25-59(57)67(60,47-17-7-6-8-18-47)48-35-29-46(30-36-48)52-22-15-23-56-55-20-11-14-28-63(55)69-65(52)56/h6-43H,1-5H3. The molecule has 13 rings (SSSR count). The van der Waals surface area contributed by atoms with E-state index in [0.717, 1.165) is 50.1 Å². The summed E-state index contributed by atoms with van der Waals surface area (Å²) in [6, 6.07) is 86.0. The van der Waals surface area contributed by atoms with Crippen LogP contribution in [0.3, 0.4) is 0 Å². The molecule has 0 aliphatic heterocycles. The fraction of sp³-hybridized carbons (Fsp3) is 0.104. The second-order valence-corrected chi connectivity index (χ2v) is 25.9. The minimum Gasteiger partial charge on any atom is -0.455 e. The molecule has 11 aromatic rings. The first-order valence-electron chi connectivity index (χ1n) is 24.7. The Balaban J connectivity index is 1.01. The van der Waals surface area contributed by atoms with Gasteiger partial charge in [-0.2, -0.15) is 0 Å². The van der Waals surface area contributed by atoms with E-state index < -0.39 is 13.5 Å². The van der Waals surface area contributed by atoms with Crippen molar-refractivity contribution in [3.05, 3.63) is 264 Å². The van der Waals surface area contributed by atoms with E-state index in [4.69, 9.17) is 4.42 Å². The van der Waals surface area contributed by atoms with Gasteiger partial charge >= 0.3 is 0 Å². The lowest BCUT2D eigenvalue weighted by molar-refractivity contribution is 0.660. The van der Waals surface area contributed by atoms with Crippen molar-refractivity contribution in [3.8, 4) is 44.5 Å². The van der Waals surface area contributed by atoms with Gasteiger partial charge in [-0.15, -0.1) is 0 Å². The van der Waals surface area contributed by atoms with Crippen LogP contribution in [0.15, 0.2) is 235 Å². The van der Waals surface area contributed by atoms with Crippen LogP contribution in [-0.2, 0) is 10.8 Å². The van der Waals surface area contributed by atoms with Crippen molar-refractivity contribution in [3.63, 3.8) is 0 Å². The van der Waals surface area contributed by atoms with E-state index in [-0.39, 0.29) is 5.41 Å². The summed E-state index contributed by atoms with van der Waals surface area (Å²) >= 11 is 0. The highest BCUT2D eigenvalue weighted by Gasteiger charge is 2.47. The monoisotopic (exact) mass is 915 g/mol. The normalized spacial score (nSPS) is 15.4. The minimum absolute atomic E-state index is 0.157. The van der Waals surface area contributed by atoms with Crippen LogP contribution < -0.4 is 10.1 Å². The minimum atomic E-state index is -1.42. The summed E-state index contributed by atoms with van der Waals surface area (Å²) in [5, 5.41) is 3.75. The van der Waals surface area contributed by atoms with Crippen molar-refractivity contribution >= 4 is 52.3 Å². The Morgan fingerprint density at radius 2 is 0.957 bits per heavy atom. The van der Waals surface area contributed by atoms with Crippen LogP contribution in [0.5, 0.6) is 0 Å². The lowest BCUT2D eigenvalue weighted by atomic mass is 9.67. The first kappa shape index (κ1) is 42.1. The van der Waals surface area contributed by atoms with Gasteiger partial charge in [0.05, 0.1) is 19.2 Å². The topological polar surface area (TPSA) is 16.4 Å². The Kier molecular flexibility index (Phi) is 9.50. The summed E-state index contributed by atoms with van der Waals surface area (Å²) in [6.07, 6.45) is 0. The van der Waals surface area contributed by atoms with E-state index in [9.17, 15) is 0 Å². The van der Waals surface area contributed by atoms with Gasteiger partial charge in [-0.1, -0.05) is 233 Å². The molecular formula is C67H53NOSi. The molecule has 2 nitrogen and oxygen atoms in total. The van der Waals surface area contributed by atoms with E-state index in [2.05, 4.69) is 263 Å². The number of furan rings is 1. The lowest BCUT2D eigenvalue weighted by Crippen LogP contribution is -2.37. The van der Waals surface area contributed by atoms with Gasteiger partial charge in [0.1, 0.15) is 11.2 Å². The van der Waals surface area contributed by atoms with E-state index in [1.807, 2.05) is 6.07 Å². The summed E-state index contributed by atoms with van der Waals surface area (Å²) in [5.41, 5.74) is 22.0. The van der Waals surface area contributed by atoms with Crippen molar-refractivity contribution in [2.45, 2.75) is 44.3 Å². The summed E-state index contributed by atoms with van der Waals surface area (Å²) in [5.74, 6) is 0. The zero-order valence-corrected chi connectivity index (χ0v) is 41.3. The first-order chi connectivity index (χ1) is 34.1. The zero-order valence-electron chi connectivity index (χ0n) is 40.3. The predicted molar refractivity (Wildman–Crippen MR) is 297 cm³/mol. The molecule has 10 aromatic carbocycles. The van der Waals surface area contributed by atoms with E-state index in [1.165, 1.54) is 71.9 Å². The smallest absolute Gasteiger partial charge is 0.143 e. The molecule has 3 heteroatoms. The molecular weight excluding hydrogens is 863 g/mol. The van der Waals surface area contributed by atoms with Crippen LogP contribution in [0.2, 0.25) is 19.6 Å². The van der Waals surface area contributed by atoms with Gasteiger partial charge in [0.25, 0.3) is 0 Å². The number of rotatable bonds is 8. The fourth-order valence-corrected chi connectivity index (χ4v) is 13.2. The van der Waals surface area contributed by atoms with Crippen LogP contribution in [0.4, 0.5) is 17.1 Å². The number of para-hydroxylation sites is 2. The Labute approximate surface area is 412 Å². The average Bonchev–Trinajstić information content (AvgIpc) is 4.01. The number of nitrogens with zero attached hydrogens (tertiary/aromatic N) is 1. The molecule has 0 saturated carbocycles. The Bertz CT molecular complexity index is 3820. The van der Waals surface area contributed by atoms with Crippen LogP contribution in [-0.4, -0.2) is 8.07 Å². The molecule has 336 valence electrons. The van der Waals surface area contributed by atoms with Crippen molar-refractivity contribution in [1.82, 2.24) is 0 Å². The number of hydrogen-bond donors (Lipinski definition) is 0. The van der Waals surface area contributed by atoms with E-state index in [0.29, 0.717) is 0 Å². The first-order valence-corrected chi connectivity index (χ1v) is 28.2. The maximum absolute atomic E-state index is 6.55. The highest BCUT2D eigenvalue weighted by atomic mass is 28.3. The summed E-state index contributed by atoms with van der Waals surface area (Å²) < 4.78 is 6.55. The van der Waals surface area contributed by atoms with Crippen LogP contribution in [0.25, 0.3) is 66.4 Å². The zero-order chi connectivity index (χ0) is 47.4. The van der Waals surface area contributed by atoms with E-state index in [1.54, 1.807) is 0 Å². The third-order valence-corrected chi connectivity index (χ3v) is 17.6. The van der Waals surface area contributed by atoms with Crippen LogP contribution in [0.1, 0.15) is 47.2 Å². The molecule has 0 fully saturated rings. The van der Waals surface area contributed by atoms with Gasteiger partial charge in [0, 0.05) is 38.7 Å². The molecule has 0 spiro atoms. The highest BCUT2D eigenvalue weighted by Crippen LogP contribution is 2.60. The Hall–Kier alpha value is -7.98. The summed E-state index contributed by atoms with van der Waals surface area (Å²) in [4.78, 5) is 2.52. The van der Waals surface area contributed by atoms with Crippen LogP contribution >= 0.6 is 0 Å². The van der Waals surface area contributed by atoms with E-state index >= 15 is 0 Å². The Morgan fingerprint density at radius 1 is 0.400 bits per heavy atom. The molecule has 70 heavy (non-hydrogen) atoms. The van der Waals surface area contributed by atoms with Gasteiger partial charge in [0.2, 0.25) is 0 Å². The van der Waals surface area contributed by atoms with Crippen molar-refractivity contribution in [2.75, 3.05) is 4.90 Å². The third-order valence-electron chi connectivity index (χ3n) is 15.6. The van der Waals surface area contributed by atoms with Crippen molar-refractivity contribution in [1.29, 1.82) is 0 Å². The van der Waals surface area contributed by atoms with Gasteiger partial charge < -0.3 is 9.32 Å². The van der Waals surface area contributed by atoms with Gasteiger partial charge in [-0.3, -0.25) is 0 Å². The lowest BCUT2D eigenvalue weighted by Gasteiger charge is -2.34. The average molecular weight is 916 g/mol. The predicted octanol–water partition coefficient (Wildman–Crippen LogP) is 17.6. The largest absolute Gasteiger partial charge is 0.455 e. The summed E-state index contributed by atoms with van der Waals surface area (Å²) in [7, 11) is -1.42. The van der Waals surface area contributed by atoms with Gasteiger partial charge in [-0.05, 0) is 103 Å². The molecule has 1 aromatic heterocycles. The maximum Gasteiger partial charge on any atom is 0.143 e. The third kappa shape index (κ3) is 6.31. The second-order valence-electron chi connectivity index (χ2n) is 20.8. The molecule has 0 N–H and O–H groups in total. The molecule has 2 aliphatic rings. The molecule has 1 heterocycles. The molecule has 0 amide bonds. The van der Waals surface area contributed by atoms with Gasteiger partial charge in [0.15, 0.2) is 0 Å². The highest BCUT2D eigenvalue weighted by molar-refractivity contribution is 6.88. The summed E-state index contributed by atoms with van der Waals surface area (Å²) in [6.45, 7) is 12.0. The second kappa shape index (κ2) is 15.8. The van der Waals surface area contributed by atoms with Crippen LogP contribution in [0, 0.1) is 0 Å². The fourth-order valence-electron chi connectivity index (χ4n) is 12.1. The SMILES string of the molecule is CC1(C)c2ccccc2-c2ccc(N(c3ccc(-c4ccc([Si](C)(C)C)cc4)cc3)c3cccc4c3-c3ccccc3C4(c3ccccc3)c3ccc(-c4cccc5c4oc4ccccc45)cc3)cc21. The quantitative estimate of drug-likeness (QED) is 0.141. The number of fused-ring (bicyclic) bond motifs is 9. The van der Waals surface area contributed by atoms with Gasteiger partial charge in [-0.25, -0.2) is 0 Å². The Morgan fingerprint density at radius 3 is 1.71 bits per heavy atom. The number of anilines is 3.